The molecule has 2 N–H and O–H groups in total. The standard InChI is InChI=1S/C26H25N3O3S2/c1-16-4-8-20(9-5-16)32-14-24(30)27-19-7-11-22-23(13-19)34-26(29-22)33-15-25(31)28-21-10-6-17(2)12-18(21)3/h4-13H,14-15H2,1-3H3,(H,27,30)(H,28,31). The van der Waals surface area contributed by atoms with Gasteiger partial charge < -0.3 is 15.4 Å². The normalized spacial score (nSPS) is 10.8. The quantitative estimate of drug-likeness (QED) is 0.297. The number of hydrogen-bond acceptors (Lipinski definition) is 6. The number of fused-ring (bicyclic) bond motifs is 1. The number of hydrogen-bond donors (Lipinski definition) is 2. The highest BCUT2D eigenvalue weighted by Gasteiger charge is 2.11. The number of nitrogens with one attached hydrogen (secondary N) is 2. The molecule has 0 atom stereocenters. The monoisotopic (exact) mass is 491 g/mol. The van der Waals surface area contributed by atoms with Crippen LogP contribution in [0.3, 0.4) is 0 Å². The lowest BCUT2D eigenvalue weighted by molar-refractivity contribution is -0.118. The molecule has 0 fully saturated rings. The number of aromatic nitrogens is 1. The molecule has 34 heavy (non-hydrogen) atoms. The predicted molar refractivity (Wildman–Crippen MR) is 140 cm³/mol. The van der Waals surface area contributed by atoms with Crippen LogP contribution in [0.1, 0.15) is 16.7 Å². The van der Waals surface area contributed by atoms with E-state index in [-0.39, 0.29) is 24.2 Å². The number of rotatable bonds is 8. The van der Waals surface area contributed by atoms with Gasteiger partial charge in [0.1, 0.15) is 5.75 Å². The summed E-state index contributed by atoms with van der Waals surface area (Å²) in [6.45, 7) is 5.93. The van der Waals surface area contributed by atoms with Crippen LogP contribution in [0.4, 0.5) is 11.4 Å². The molecule has 0 bridgehead atoms. The largest absolute Gasteiger partial charge is 0.484 e. The maximum absolute atomic E-state index is 12.4. The molecular weight excluding hydrogens is 466 g/mol. The third kappa shape index (κ3) is 6.36. The van der Waals surface area contributed by atoms with Crippen LogP contribution in [-0.4, -0.2) is 29.2 Å². The topological polar surface area (TPSA) is 80.3 Å². The number of anilines is 2. The number of nitrogens with zero attached hydrogens (tertiary/aromatic N) is 1. The lowest BCUT2D eigenvalue weighted by atomic mass is 10.1. The molecule has 3 aromatic carbocycles. The first-order valence-electron chi connectivity index (χ1n) is 10.8. The molecule has 0 aliphatic carbocycles. The van der Waals surface area contributed by atoms with Gasteiger partial charge in [-0.25, -0.2) is 4.98 Å². The van der Waals surface area contributed by atoms with E-state index in [4.69, 9.17) is 4.74 Å². The molecule has 0 unspecified atom stereocenters. The number of carbonyl (C=O) groups excluding carboxylic acids is 2. The SMILES string of the molecule is Cc1ccc(OCC(=O)Nc2ccc3nc(SCC(=O)Nc4ccc(C)cc4C)sc3c2)cc1. The molecule has 0 aliphatic heterocycles. The van der Waals surface area contributed by atoms with Crippen LogP contribution in [0.5, 0.6) is 5.75 Å². The van der Waals surface area contributed by atoms with E-state index < -0.39 is 0 Å². The van der Waals surface area contributed by atoms with Crippen LogP contribution in [0.2, 0.25) is 0 Å². The first-order valence-corrected chi connectivity index (χ1v) is 12.6. The summed E-state index contributed by atoms with van der Waals surface area (Å²) < 4.78 is 7.28. The minimum atomic E-state index is -0.234. The molecular formula is C26H25N3O3S2. The summed E-state index contributed by atoms with van der Waals surface area (Å²) in [4.78, 5) is 29.2. The second-order valence-electron chi connectivity index (χ2n) is 7.97. The summed E-state index contributed by atoms with van der Waals surface area (Å²) >= 11 is 2.89. The minimum absolute atomic E-state index is 0.0690. The Morgan fingerprint density at radius 2 is 1.68 bits per heavy atom. The summed E-state index contributed by atoms with van der Waals surface area (Å²) in [6.07, 6.45) is 0. The van der Waals surface area contributed by atoms with Gasteiger partial charge in [-0.2, -0.15) is 0 Å². The molecule has 6 nitrogen and oxygen atoms in total. The Balaban J connectivity index is 1.31. The Morgan fingerprint density at radius 3 is 2.44 bits per heavy atom. The van der Waals surface area contributed by atoms with E-state index in [0.29, 0.717) is 11.4 Å². The first kappa shape index (κ1) is 23.8. The third-order valence-corrected chi connectivity index (χ3v) is 7.19. The Kier molecular flexibility index (Phi) is 7.49. The molecule has 0 radical (unpaired) electrons. The minimum Gasteiger partial charge on any atom is -0.484 e. The Labute approximate surface area is 206 Å². The van der Waals surface area contributed by atoms with Gasteiger partial charge >= 0.3 is 0 Å². The van der Waals surface area contributed by atoms with Crippen molar-refractivity contribution in [3.8, 4) is 5.75 Å². The van der Waals surface area contributed by atoms with Gasteiger partial charge in [0.15, 0.2) is 10.9 Å². The van der Waals surface area contributed by atoms with Gasteiger partial charge in [0.25, 0.3) is 5.91 Å². The zero-order valence-corrected chi connectivity index (χ0v) is 20.8. The van der Waals surface area contributed by atoms with E-state index in [1.807, 2.05) is 81.4 Å². The van der Waals surface area contributed by atoms with Gasteiger partial charge in [0, 0.05) is 11.4 Å². The highest BCUT2D eigenvalue weighted by molar-refractivity contribution is 8.01. The summed E-state index contributed by atoms with van der Waals surface area (Å²) in [5, 5.41) is 5.81. The van der Waals surface area contributed by atoms with Crippen LogP contribution >= 0.6 is 23.1 Å². The molecule has 174 valence electrons. The Bertz CT molecular complexity index is 1330. The number of carbonyl (C=O) groups is 2. The molecule has 2 amide bonds. The van der Waals surface area contributed by atoms with E-state index in [9.17, 15) is 9.59 Å². The number of benzene rings is 3. The molecule has 4 rings (SSSR count). The maximum Gasteiger partial charge on any atom is 0.262 e. The molecule has 4 aromatic rings. The third-order valence-electron chi connectivity index (χ3n) is 5.03. The fourth-order valence-corrected chi connectivity index (χ4v) is 5.20. The van der Waals surface area contributed by atoms with E-state index in [1.165, 1.54) is 23.1 Å². The fourth-order valence-electron chi connectivity index (χ4n) is 3.29. The van der Waals surface area contributed by atoms with Crippen LogP contribution in [-0.2, 0) is 9.59 Å². The van der Waals surface area contributed by atoms with Crippen molar-refractivity contribution in [2.75, 3.05) is 23.0 Å². The molecule has 1 aromatic heterocycles. The zero-order valence-electron chi connectivity index (χ0n) is 19.2. The van der Waals surface area contributed by atoms with Crippen molar-refractivity contribution in [2.45, 2.75) is 25.1 Å². The second kappa shape index (κ2) is 10.7. The Hall–Kier alpha value is -3.36. The van der Waals surface area contributed by atoms with Crippen molar-refractivity contribution in [3.63, 3.8) is 0 Å². The van der Waals surface area contributed by atoms with Gasteiger partial charge in [-0.3, -0.25) is 9.59 Å². The van der Waals surface area contributed by atoms with E-state index in [1.54, 1.807) is 0 Å². The van der Waals surface area contributed by atoms with Crippen molar-refractivity contribution in [1.82, 2.24) is 4.98 Å². The van der Waals surface area contributed by atoms with Gasteiger partial charge in [-0.15, -0.1) is 11.3 Å². The van der Waals surface area contributed by atoms with Crippen molar-refractivity contribution in [2.24, 2.45) is 0 Å². The van der Waals surface area contributed by atoms with Crippen LogP contribution in [0.15, 0.2) is 65.0 Å². The van der Waals surface area contributed by atoms with Crippen molar-refractivity contribution in [3.05, 3.63) is 77.4 Å². The highest BCUT2D eigenvalue weighted by Crippen LogP contribution is 2.31. The lowest BCUT2D eigenvalue weighted by Gasteiger charge is -2.08. The number of aryl methyl sites for hydroxylation is 3. The van der Waals surface area contributed by atoms with E-state index in [0.717, 1.165) is 36.9 Å². The summed E-state index contributed by atoms with van der Waals surface area (Å²) in [5.74, 6) is 0.620. The van der Waals surface area contributed by atoms with Gasteiger partial charge in [0.2, 0.25) is 5.91 Å². The molecule has 0 aliphatic rings. The second-order valence-corrected chi connectivity index (χ2v) is 10.2. The molecule has 8 heteroatoms. The van der Waals surface area contributed by atoms with Crippen molar-refractivity contribution >= 4 is 56.5 Å². The van der Waals surface area contributed by atoms with Crippen LogP contribution in [0.25, 0.3) is 10.2 Å². The van der Waals surface area contributed by atoms with Gasteiger partial charge in [0.05, 0.1) is 16.0 Å². The maximum atomic E-state index is 12.4. The summed E-state index contributed by atoms with van der Waals surface area (Å²) in [5.41, 5.74) is 5.67. The molecule has 0 saturated heterocycles. The number of amides is 2. The van der Waals surface area contributed by atoms with E-state index in [2.05, 4.69) is 15.6 Å². The van der Waals surface area contributed by atoms with Gasteiger partial charge in [-0.1, -0.05) is 47.2 Å². The number of thiazole rings is 1. The van der Waals surface area contributed by atoms with Crippen molar-refractivity contribution in [1.29, 1.82) is 0 Å². The summed E-state index contributed by atoms with van der Waals surface area (Å²) in [6, 6.07) is 19.1. The predicted octanol–water partition coefficient (Wildman–Crippen LogP) is 5.97. The highest BCUT2D eigenvalue weighted by atomic mass is 32.2. The van der Waals surface area contributed by atoms with E-state index >= 15 is 0 Å². The molecule has 0 saturated carbocycles. The number of thioether (sulfide) groups is 1. The fraction of sp³-hybridized carbons (Fsp3) is 0.192. The zero-order chi connectivity index (χ0) is 24.1. The molecule has 1 heterocycles. The average Bonchev–Trinajstić information content (AvgIpc) is 3.21. The summed E-state index contributed by atoms with van der Waals surface area (Å²) in [7, 11) is 0. The van der Waals surface area contributed by atoms with Gasteiger partial charge in [-0.05, 0) is 62.7 Å². The first-order chi connectivity index (χ1) is 16.4. The van der Waals surface area contributed by atoms with Crippen LogP contribution in [0, 0.1) is 20.8 Å². The van der Waals surface area contributed by atoms with Crippen molar-refractivity contribution < 1.29 is 14.3 Å². The molecule has 0 spiro atoms. The smallest absolute Gasteiger partial charge is 0.262 e. The lowest BCUT2D eigenvalue weighted by Crippen LogP contribution is -2.20. The number of ether oxygens (including phenoxy) is 1. The average molecular weight is 492 g/mol. The Morgan fingerprint density at radius 1 is 0.912 bits per heavy atom. The van der Waals surface area contributed by atoms with Crippen LogP contribution < -0.4 is 15.4 Å².